The summed E-state index contributed by atoms with van der Waals surface area (Å²) in [5.74, 6) is 0.261. The lowest BCUT2D eigenvalue weighted by Gasteiger charge is -2.28. The molecule has 27 heavy (non-hydrogen) atoms. The van der Waals surface area contributed by atoms with Crippen LogP contribution in [0.25, 0.3) is 0 Å². The van der Waals surface area contributed by atoms with Crippen molar-refractivity contribution in [3.05, 3.63) is 17.7 Å². The van der Waals surface area contributed by atoms with Crippen molar-refractivity contribution in [2.45, 2.75) is 26.7 Å². The Kier molecular flexibility index (Phi) is 5.95. The number of quaternary nitrogens is 1. The van der Waals surface area contributed by atoms with E-state index in [0.29, 0.717) is 35.9 Å². The zero-order valence-electron chi connectivity index (χ0n) is 15.6. The molecule has 0 aromatic heterocycles. The number of ketones is 1. The van der Waals surface area contributed by atoms with Crippen LogP contribution in [-0.2, 0) is 14.3 Å². The van der Waals surface area contributed by atoms with E-state index in [2.05, 4.69) is 5.32 Å². The Morgan fingerprint density at radius 3 is 2.70 bits per heavy atom. The van der Waals surface area contributed by atoms with Crippen molar-refractivity contribution in [2.75, 3.05) is 38.4 Å². The number of ether oxygens (including phenoxy) is 3. The summed E-state index contributed by atoms with van der Waals surface area (Å²) < 4.78 is 15.7. The normalized spacial score (nSPS) is 20.8. The van der Waals surface area contributed by atoms with Gasteiger partial charge in [-0.15, -0.1) is 0 Å². The van der Waals surface area contributed by atoms with Crippen LogP contribution in [0.1, 0.15) is 37.0 Å². The van der Waals surface area contributed by atoms with E-state index < -0.39 is 0 Å². The first-order chi connectivity index (χ1) is 13.0. The molecule has 2 aliphatic heterocycles. The summed E-state index contributed by atoms with van der Waals surface area (Å²) in [4.78, 5) is 37.4. The van der Waals surface area contributed by atoms with Crippen LogP contribution in [0.4, 0.5) is 5.69 Å². The van der Waals surface area contributed by atoms with Gasteiger partial charge in [0.25, 0.3) is 5.91 Å². The predicted molar refractivity (Wildman–Crippen MR) is 96.1 cm³/mol. The number of esters is 1. The number of amides is 1. The molecule has 0 radical (unpaired) electrons. The average Bonchev–Trinajstić information content (AvgIpc) is 3.08. The van der Waals surface area contributed by atoms with Crippen LogP contribution in [0.2, 0.25) is 0 Å². The molecule has 1 unspecified atom stereocenters. The van der Waals surface area contributed by atoms with Crippen molar-refractivity contribution in [3.8, 4) is 11.5 Å². The molecule has 1 saturated heterocycles. The van der Waals surface area contributed by atoms with Crippen LogP contribution < -0.4 is 19.7 Å². The molecule has 1 amide bonds. The zero-order chi connectivity index (χ0) is 19.4. The highest BCUT2D eigenvalue weighted by atomic mass is 16.7. The first-order valence-corrected chi connectivity index (χ1v) is 9.22. The second-order valence-corrected chi connectivity index (χ2v) is 6.83. The number of hydrogen-bond acceptors (Lipinski definition) is 6. The monoisotopic (exact) mass is 377 g/mol. The largest absolute Gasteiger partial charge is 0.466 e. The van der Waals surface area contributed by atoms with E-state index in [9.17, 15) is 14.4 Å². The van der Waals surface area contributed by atoms with Gasteiger partial charge in [-0.05, 0) is 32.8 Å². The highest BCUT2D eigenvalue weighted by Crippen LogP contribution is 2.37. The first-order valence-electron chi connectivity index (χ1n) is 9.22. The molecule has 8 heteroatoms. The van der Waals surface area contributed by atoms with E-state index in [0.717, 1.165) is 24.3 Å². The molecule has 1 fully saturated rings. The fraction of sp³-hybridized carbons (Fsp3) is 0.526. The number of benzene rings is 1. The fourth-order valence-corrected chi connectivity index (χ4v) is 3.53. The number of anilines is 1. The maximum atomic E-state index is 12.5. The van der Waals surface area contributed by atoms with Crippen molar-refractivity contribution in [1.82, 2.24) is 0 Å². The van der Waals surface area contributed by atoms with Crippen LogP contribution in [0, 0.1) is 5.92 Å². The van der Waals surface area contributed by atoms with Crippen molar-refractivity contribution in [1.29, 1.82) is 0 Å². The predicted octanol–water partition coefficient (Wildman–Crippen LogP) is 0.414. The number of piperidine rings is 1. The van der Waals surface area contributed by atoms with Crippen LogP contribution >= 0.6 is 0 Å². The molecule has 1 aromatic carbocycles. The number of fused-ring (bicyclic) bond motifs is 1. The van der Waals surface area contributed by atoms with Crippen LogP contribution in [0.5, 0.6) is 11.5 Å². The lowest BCUT2D eigenvalue weighted by atomic mass is 9.98. The Morgan fingerprint density at radius 2 is 2.00 bits per heavy atom. The molecule has 8 nitrogen and oxygen atoms in total. The molecule has 2 aliphatic rings. The van der Waals surface area contributed by atoms with Crippen molar-refractivity contribution >= 4 is 23.3 Å². The van der Waals surface area contributed by atoms with Crippen molar-refractivity contribution in [3.63, 3.8) is 0 Å². The number of carbonyl (C=O) groups is 3. The summed E-state index contributed by atoms with van der Waals surface area (Å²) >= 11 is 0. The summed E-state index contributed by atoms with van der Waals surface area (Å²) in [6, 6.07) is 3.20. The standard InChI is InChI=1S/C19H24N2O6/c1-3-25-19(24)13-5-4-6-21(9-13)10-18(23)20-15-8-17-16(26-11-27-17)7-14(15)12(2)22/h7-8,13H,3-6,9-11H2,1-2H3,(H,20,23)/p+1/t13-/m0/s1. The number of Topliss-reactive ketones (excluding diaryl/α,β-unsaturated/α-hetero) is 1. The third-order valence-corrected chi connectivity index (χ3v) is 4.81. The Balaban J connectivity index is 1.64. The average molecular weight is 377 g/mol. The number of rotatable bonds is 6. The highest BCUT2D eigenvalue weighted by Gasteiger charge is 2.31. The van der Waals surface area contributed by atoms with Gasteiger partial charge in [-0.25, -0.2) is 0 Å². The Labute approximate surface area is 157 Å². The van der Waals surface area contributed by atoms with Gasteiger partial charge in [0, 0.05) is 11.6 Å². The maximum Gasteiger partial charge on any atom is 0.314 e. The number of nitrogens with one attached hydrogen (secondary N) is 2. The SMILES string of the molecule is CCOC(=O)[C@H]1CCC[NH+](CC(=O)Nc2cc3c(cc2C(C)=O)OCO3)C1. The number of hydrogen-bond donors (Lipinski definition) is 2. The van der Waals surface area contributed by atoms with E-state index in [1.165, 1.54) is 6.92 Å². The Hall–Kier alpha value is -2.61. The molecule has 0 saturated carbocycles. The van der Waals surface area contributed by atoms with Gasteiger partial charge in [-0.2, -0.15) is 0 Å². The molecule has 2 N–H and O–H groups in total. The molecule has 3 rings (SSSR count). The maximum absolute atomic E-state index is 12.5. The quantitative estimate of drug-likeness (QED) is 0.551. The van der Waals surface area contributed by atoms with Gasteiger partial charge in [-0.1, -0.05) is 0 Å². The minimum Gasteiger partial charge on any atom is -0.466 e. The minimum absolute atomic E-state index is 0.0945. The summed E-state index contributed by atoms with van der Waals surface area (Å²) in [7, 11) is 0. The van der Waals surface area contributed by atoms with Gasteiger partial charge in [0.05, 0.1) is 25.4 Å². The number of likely N-dealkylation sites (tertiary alicyclic amines) is 1. The van der Waals surface area contributed by atoms with Gasteiger partial charge >= 0.3 is 5.97 Å². The molecule has 0 spiro atoms. The smallest absolute Gasteiger partial charge is 0.314 e. The van der Waals surface area contributed by atoms with E-state index in [4.69, 9.17) is 14.2 Å². The second kappa shape index (κ2) is 8.39. The lowest BCUT2D eigenvalue weighted by Crippen LogP contribution is -3.14. The van der Waals surface area contributed by atoms with Gasteiger partial charge in [0.15, 0.2) is 23.8 Å². The van der Waals surface area contributed by atoms with Crippen LogP contribution in [0.15, 0.2) is 12.1 Å². The fourth-order valence-electron chi connectivity index (χ4n) is 3.53. The third kappa shape index (κ3) is 4.57. The molecular weight excluding hydrogens is 352 g/mol. The summed E-state index contributed by atoms with van der Waals surface area (Å²) in [5.41, 5.74) is 0.792. The van der Waals surface area contributed by atoms with E-state index in [1.807, 2.05) is 0 Å². The van der Waals surface area contributed by atoms with E-state index in [-0.39, 0.29) is 36.9 Å². The zero-order valence-corrected chi connectivity index (χ0v) is 15.6. The molecule has 1 aromatic rings. The molecular formula is C19H25N2O6+. The van der Waals surface area contributed by atoms with Crippen molar-refractivity contribution < 1.29 is 33.5 Å². The Bertz CT molecular complexity index is 748. The minimum atomic E-state index is -0.212. The summed E-state index contributed by atoms with van der Waals surface area (Å²) in [5, 5.41) is 2.81. The Morgan fingerprint density at radius 1 is 1.26 bits per heavy atom. The van der Waals surface area contributed by atoms with Gasteiger partial charge in [-0.3, -0.25) is 14.4 Å². The van der Waals surface area contributed by atoms with Crippen LogP contribution in [-0.4, -0.2) is 50.7 Å². The van der Waals surface area contributed by atoms with E-state index in [1.54, 1.807) is 19.1 Å². The lowest BCUT2D eigenvalue weighted by molar-refractivity contribution is -0.899. The van der Waals surface area contributed by atoms with Gasteiger partial charge in [0.2, 0.25) is 6.79 Å². The third-order valence-electron chi connectivity index (χ3n) is 4.81. The number of carbonyl (C=O) groups excluding carboxylic acids is 3. The van der Waals surface area contributed by atoms with Gasteiger partial charge < -0.3 is 24.4 Å². The van der Waals surface area contributed by atoms with Gasteiger partial charge in [0.1, 0.15) is 5.92 Å². The molecule has 146 valence electrons. The molecule has 0 aliphatic carbocycles. The second-order valence-electron chi connectivity index (χ2n) is 6.83. The topological polar surface area (TPSA) is 95.4 Å². The van der Waals surface area contributed by atoms with E-state index >= 15 is 0 Å². The molecule has 0 bridgehead atoms. The van der Waals surface area contributed by atoms with Crippen LogP contribution in [0.3, 0.4) is 0 Å². The summed E-state index contributed by atoms with van der Waals surface area (Å²) in [6.07, 6.45) is 1.66. The molecule has 2 heterocycles. The highest BCUT2D eigenvalue weighted by molar-refractivity contribution is 6.04. The molecule has 2 atom stereocenters. The summed E-state index contributed by atoms with van der Waals surface area (Å²) in [6.45, 7) is 5.31. The van der Waals surface area contributed by atoms with Crippen molar-refractivity contribution in [2.24, 2.45) is 5.92 Å². The first kappa shape index (κ1) is 19.2.